The molecular formula is C15H21N3O3. The van der Waals surface area contributed by atoms with Gasteiger partial charge in [0.05, 0.1) is 30.0 Å². The van der Waals surface area contributed by atoms with Crippen molar-refractivity contribution in [1.29, 1.82) is 0 Å². The van der Waals surface area contributed by atoms with Crippen LogP contribution < -0.4 is 11.1 Å². The Balaban J connectivity index is 1.97. The largest absolute Gasteiger partial charge is 0.373 e. The summed E-state index contributed by atoms with van der Waals surface area (Å²) in [7, 11) is 0. The molecule has 1 aliphatic rings. The summed E-state index contributed by atoms with van der Waals surface area (Å²) >= 11 is 0. The van der Waals surface area contributed by atoms with Gasteiger partial charge in [0.15, 0.2) is 0 Å². The van der Waals surface area contributed by atoms with Gasteiger partial charge in [0, 0.05) is 13.1 Å². The predicted octanol–water partition coefficient (Wildman–Crippen LogP) is 0.833. The zero-order chi connectivity index (χ0) is 15.4. The molecular weight excluding hydrogens is 270 g/mol. The van der Waals surface area contributed by atoms with Gasteiger partial charge in [-0.25, -0.2) is 0 Å². The molecule has 1 fully saturated rings. The minimum absolute atomic E-state index is 0.111. The topological polar surface area (TPSA) is 84.7 Å². The summed E-state index contributed by atoms with van der Waals surface area (Å²) in [6.07, 6.45) is 0.221. The molecule has 1 aromatic rings. The van der Waals surface area contributed by atoms with Crippen LogP contribution in [-0.2, 0) is 9.53 Å². The molecule has 114 valence electrons. The zero-order valence-electron chi connectivity index (χ0n) is 12.3. The van der Waals surface area contributed by atoms with E-state index in [1.165, 1.54) is 0 Å². The molecule has 1 heterocycles. The van der Waals surface area contributed by atoms with Gasteiger partial charge in [-0.2, -0.15) is 0 Å². The van der Waals surface area contributed by atoms with Crippen LogP contribution in [0.15, 0.2) is 24.3 Å². The van der Waals surface area contributed by atoms with E-state index in [2.05, 4.69) is 5.32 Å². The van der Waals surface area contributed by atoms with E-state index >= 15 is 0 Å². The van der Waals surface area contributed by atoms with Crippen LogP contribution in [-0.4, -0.2) is 48.6 Å². The van der Waals surface area contributed by atoms with Gasteiger partial charge in [-0.3, -0.25) is 14.5 Å². The molecule has 2 unspecified atom stereocenters. The van der Waals surface area contributed by atoms with Crippen LogP contribution in [0.5, 0.6) is 0 Å². The fraction of sp³-hybridized carbons (Fsp3) is 0.467. The number of anilines is 1. The number of nitrogens with zero attached hydrogens (tertiary/aromatic N) is 1. The number of carbonyl (C=O) groups is 2. The summed E-state index contributed by atoms with van der Waals surface area (Å²) in [6.45, 7) is 5.68. The number of hydrogen-bond donors (Lipinski definition) is 2. The van der Waals surface area contributed by atoms with Crippen LogP contribution in [0, 0.1) is 0 Å². The maximum atomic E-state index is 12.1. The number of rotatable bonds is 4. The minimum Gasteiger partial charge on any atom is -0.373 e. The van der Waals surface area contributed by atoms with Crippen LogP contribution >= 0.6 is 0 Å². The molecule has 6 nitrogen and oxygen atoms in total. The molecule has 21 heavy (non-hydrogen) atoms. The molecule has 0 aliphatic carbocycles. The lowest BCUT2D eigenvalue weighted by molar-refractivity contribution is -0.121. The fourth-order valence-electron chi connectivity index (χ4n) is 2.61. The molecule has 1 aliphatic heterocycles. The third kappa shape index (κ3) is 4.27. The smallest absolute Gasteiger partial charge is 0.250 e. The van der Waals surface area contributed by atoms with Crippen molar-refractivity contribution in [3.05, 3.63) is 29.8 Å². The second kappa shape index (κ2) is 6.69. The Bertz CT molecular complexity index is 523. The van der Waals surface area contributed by atoms with Crippen molar-refractivity contribution in [2.24, 2.45) is 5.73 Å². The van der Waals surface area contributed by atoms with E-state index in [0.717, 1.165) is 13.1 Å². The highest BCUT2D eigenvalue weighted by Gasteiger charge is 2.24. The van der Waals surface area contributed by atoms with Gasteiger partial charge in [-0.05, 0) is 26.0 Å². The second-order valence-corrected chi connectivity index (χ2v) is 5.41. The van der Waals surface area contributed by atoms with E-state index in [-0.39, 0.29) is 24.7 Å². The highest BCUT2D eigenvalue weighted by molar-refractivity contribution is 6.03. The summed E-state index contributed by atoms with van der Waals surface area (Å²) in [5, 5.41) is 2.75. The molecule has 1 aromatic carbocycles. The number of ether oxygens (including phenoxy) is 1. The van der Waals surface area contributed by atoms with Crippen LogP contribution in [0.2, 0.25) is 0 Å². The number of nitrogens with two attached hydrogens (primary N) is 1. The third-order valence-electron chi connectivity index (χ3n) is 3.33. The van der Waals surface area contributed by atoms with Crippen molar-refractivity contribution in [1.82, 2.24) is 4.90 Å². The van der Waals surface area contributed by atoms with Crippen molar-refractivity contribution in [2.45, 2.75) is 26.1 Å². The number of carbonyl (C=O) groups excluding carboxylic acids is 2. The number of para-hydroxylation sites is 1. The average Bonchev–Trinajstić information content (AvgIpc) is 2.37. The lowest BCUT2D eigenvalue weighted by Gasteiger charge is -2.34. The zero-order valence-corrected chi connectivity index (χ0v) is 12.3. The Morgan fingerprint density at radius 1 is 1.29 bits per heavy atom. The van der Waals surface area contributed by atoms with E-state index in [4.69, 9.17) is 10.5 Å². The Morgan fingerprint density at radius 3 is 2.52 bits per heavy atom. The second-order valence-electron chi connectivity index (χ2n) is 5.41. The van der Waals surface area contributed by atoms with Gasteiger partial charge in [0.2, 0.25) is 5.91 Å². The highest BCUT2D eigenvalue weighted by Crippen LogP contribution is 2.15. The van der Waals surface area contributed by atoms with Crippen LogP contribution in [0.3, 0.4) is 0 Å². The molecule has 0 saturated carbocycles. The van der Waals surface area contributed by atoms with Crippen molar-refractivity contribution in [3.8, 4) is 0 Å². The summed E-state index contributed by atoms with van der Waals surface area (Å²) in [5.41, 5.74) is 6.06. The fourth-order valence-corrected chi connectivity index (χ4v) is 2.61. The monoisotopic (exact) mass is 291 g/mol. The highest BCUT2D eigenvalue weighted by atomic mass is 16.5. The molecule has 0 aromatic heterocycles. The molecule has 0 bridgehead atoms. The van der Waals surface area contributed by atoms with Gasteiger partial charge in [0.1, 0.15) is 0 Å². The standard InChI is InChI=1S/C15H21N3O3/c1-10-7-18(8-11(2)21-10)9-14(19)17-13-6-4-3-5-12(13)15(16)20/h3-6,10-11H,7-9H2,1-2H3,(H2,16,20)(H,17,19). The van der Waals surface area contributed by atoms with Crippen LogP contribution in [0.25, 0.3) is 0 Å². The molecule has 2 rings (SSSR count). The first-order valence-electron chi connectivity index (χ1n) is 7.02. The Kier molecular flexibility index (Phi) is 4.93. The predicted molar refractivity (Wildman–Crippen MR) is 80.0 cm³/mol. The molecule has 1 saturated heterocycles. The lowest BCUT2D eigenvalue weighted by atomic mass is 10.1. The normalized spacial score (nSPS) is 22.8. The van der Waals surface area contributed by atoms with Gasteiger partial charge in [0.25, 0.3) is 5.91 Å². The van der Waals surface area contributed by atoms with Crippen molar-refractivity contribution >= 4 is 17.5 Å². The molecule has 0 radical (unpaired) electrons. The van der Waals surface area contributed by atoms with Gasteiger partial charge < -0.3 is 15.8 Å². The number of hydrogen-bond acceptors (Lipinski definition) is 4. The number of nitrogens with one attached hydrogen (secondary N) is 1. The number of amides is 2. The van der Waals surface area contributed by atoms with Gasteiger partial charge in [-0.15, -0.1) is 0 Å². The van der Waals surface area contributed by atoms with E-state index in [0.29, 0.717) is 11.3 Å². The third-order valence-corrected chi connectivity index (χ3v) is 3.33. The minimum atomic E-state index is -0.556. The summed E-state index contributed by atoms with van der Waals surface area (Å²) in [6, 6.07) is 6.72. The first-order chi connectivity index (χ1) is 9.95. The van der Waals surface area contributed by atoms with E-state index < -0.39 is 5.91 Å². The van der Waals surface area contributed by atoms with Gasteiger partial charge in [-0.1, -0.05) is 12.1 Å². The SMILES string of the molecule is CC1CN(CC(=O)Nc2ccccc2C(N)=O)CC(C)O1. The molecule has 2 atom stereocenters. The van der Waals surface area contributed by atoms with E-state index in [9.17, 15) is 9.59 Å². The Labute approximate surface area is 124 Å². The molecule has 2 amide bonds. The lowest BCUT2D eigenvalue weighted by Crippen LogP contribution is -2.48. The van der Waals surface area contributed by atoms with Gasteiger partial charge >= 0.3 is 0 Å². The van der Waals surface area contributed by atoms with E-state index in [1.807, 2.05) is 18.7 Å². The molecule has 0 spiro atoms. The maximum absolute atomic E-state index is 12.1. The maximum Gasteiger partial charge on any atom is 0.250 e. The summed E-state index contributed by atoms with van der Waals surface area (Å²) < 4.78 is 5.63. The van der Waals surface area contributed by atoms with Crippen molar-refractivity contribution in [3.63, 3.8) is 0 Å². The van der Waals surface area contributed by atoms with Crippen LogP contribution in [0.1, 0.15) is 24.2 Å². The summed E-state index contributed by atoms with van der Waals surface area (Å²) in [5.74, 6) is -0.718. The van der Waals surface area contributed by atoms with Crippen molar-refractivity contribution < 1.29 is 14.3 Å². The first-order valence-corrected chi connectivity index (χ1v) is 7.02. The van der Waals surface area contributed by atoms with E-state index in [1.54, 1.807) is 24.3 Å². The Hall–Kier alpha value is -1.92. The number of benzene rings is 1. The summed E-state index contributed by atoms with van der Waals surface area (Å²) in [4.78, 5) is 25.5. The Morgan fingerprint density at radius 2 is 1.90 bits per heavy atom. The quantitative estimate of drug-likeness (QED) is 0.860. The number of morpholine rings is 1. The first kappa shape index (κ1) is 15.5. The average molecular weight is 291 g/mol. The van der Waals surface area contributed by atoms with Crippen LogP contribution in [0.4, 0.5) is 5.69 Å². The number of primary amides is 1. The molecule has 3 N–H and O–H groups in total. The molecule has 6 heteroatoms. The van der Waals surface area contributed by atoms with Crippen molar-refractivity contribution in [2.75, 3.05) is 25.0 Å².